The van der Waals surface area contributed by atoms with Crippen molar-refractivity contribution in [2.45, 2.75) is 27.0 Å². The zero-order chi connectivity index (χ0) is 12.7. The Kier molecular flexibility index (Phi) is 2.60. The first-order valence-electron chi connectivity index (χ1n) is 6.37. The zero-order valence-electron chi connectivity index (χ0n) is 10.8. The maximum Gasteiger partial charge on any atom is 0.0682 e. The standard InChI is InChI=1S/C16H17NO/c1-3-17-15-7-5-4-6-13(15)14-9-12(10-18)8-11(2)16(14)17/h4-9,18H,3,10H2,1-2H3. The number of benzene rings is 2. The minimum absolute atomic E-state index is 0.0996. The minimum Gasteiger partial charge on any atom is -0.392 e. The number of hydrogen-bond acceptors (Lipinski definition) is 1. The van der Waals surface area contributed by atoms with Gasteiger partial charge in [0, 0.05) is 22.8 Å². The van der Waals surface area contributed by atoms with E-state index in [4.69, 9.17) is 0 Å². The third-order valence-electron chi connectivity index (χ3n) is 3.61. The van der Waals surface area contributed by atoms with Crippen molar-refractivity contribution in [1.82, 2.24) is 4.57 Å². The molecule has 2 heteroatoms. The van der Waals surface area contributed by atoms with Crippen molar-refractivity contribution in [3.8, 4) is 0 Å². The summed E-state index contributed by atoms with van der Waals surface area (Å²) >= 11 is 0. The second-order valence-corrected chi connectivity index (χ2v) is 4.73. The molecule has 0 atom stereocenters. The summed E-state index contributed by atoms with van der Waals surface area (Å²) in [6, 6.07) is 12.7. The van der Waals surface area contributed by atoms with E-state index in [0.29, 0.717) is 0 Å². The molecule has 3 rings (SSSR count). The quantitative estimate of drug-likeness (QED) is 0.726. The lowest BCUT2D eigenvalue weighted by Gasteiger charge is -2.07. The molecule has 1 N–H and O–H groups in total. The smallest absolute Gasteiger partial charge is 0.0682 e. The van der Waals surface area contributed by atoms with E-state index in [-0.39, 0.29) is 6.61 Å². The molecule has 18 heavy (non-hydrogen) atoms. The normalized spacial score (nSPS) is 11.5. The second-order valence-electron chi connectivity index (χ2n) is 4.73. The summed E-state index contributed by atoms with van der Waals surface area (Å²) in [6.07, 6.45) is 0. The molecule has 1 aromatic heterocycles. The van der Waals surface area contributed by atoms with Crippen molar-refractivity contribution in [2.75, 3.05) is 0 Å². The molecule has 0 fully saturated rings. The Labute approximate surface area is 106 Å². The van der Waals surface area contributed by atoms with Gasteiger partial charge < -0.3 is 9.67 Å². The van der Waals surface area contributed by atoms with Gasteiger partial charge in [0.25, 0.3) is 0 Å². The number of aliphatic hydroxyl groups is 1. The number of hydrogen-bond donors (Lipinski definition) is 1. The zero-order valence-corrected chi connectivity index (χ0v) is 10.8. The lowest BCUT2D eigenvalue weighted by molar-refractivity contribution is 0.282. The fourth-order valence-electron chi connectivity index (χ4n) is 2.89. The lowest BCUT2D eigenvalue weighted by Crippen LogP contribution is -1.95. The molecule has 2 aromatic carbocycles. The summed E-state index contributed by atoms with van der Waals surface area (Å²) in [7, 11) is 0. The second kappa shape index (κ2) is 4.14. The Bertz CT molecular complexity index is 725. The fraction of sp³-hybridized carbons (Fsp3) is 0.250. The van der Waals surface area contributed by atoms with Crippen LogP contribution in [-0.2, 0) is 13.2 Å². The maximum atomic E-state index is 9.35. The summed E-state index contributed by atoms with van der Waals surface area (Å²) < 4.78 is 2.35. The highest BCUT2D eigenvalue weighted by Crippen LogP contribution is 2.31. The van der Waals surface area contributed by atoms with Gasteiger partial charge in [0.15, 0.2) is 0 Å². The molecule has 0 radical (unpaired) electrons. The van der Waals surface area contributed by atoms with E-state index >= 15 is 0 Å². The van der Waals surface area contributed by atoms with Crippen LogP contribution >= 0.6 is 0 Å². The molecule has 0 spiro atoms. The molecule has 92 valence electrons. The highest BCUT2D eigenvalue weighted by molar-refractivity contribution is 6.09. The molecule has 0 amide bonds. The average molecular weight is 239 g/mol. The number of fused-ring (bicyclic) bond motifs is 3. The first kappa shape index (κ1) is 11.3. The molecule has 3 aromatic rings. The Morgan fingerprint density at radius 3 is 2.61 bits per heavy atom. The van der Waals surface area contributed by atoms with Gasteiger partial charge in [-0.15, -0.1) is 0 Å². The van der Waals surface area contributed by atoms with Crippen molar-refractivity contribution >= 4 is 21.8 Å². The van der Waals surface area contributed by atoms with E-state index in [0.717, 1.165) is 12.1 Å². The van der Waals surface area contributed by atoms with Crippen LogP contribution in [0.15, 0.2) is 36.4 Å². The Balaban J connectivity index is 2.55. The van der Waals surface area contributed by atoms with E-state index in [1.807, 2.05) is 0 Å². The van der Waals surface area contributed by atoms with Crippen LogP contribution in [-0.4, -0.2) is 9.67 Å². The number of aryl methyl sites for hydroxylation is 2. The molecule has 0 aliphatic rings. The molecule has 0 saturated carbocycles. The predicted octanol–water partition coefficient (Wildman–Crippen LogP) is 3.62. The molecule has 0 aliphatic carbocycles. The molecule has 0 saturated heterocycles. The minimum atomic E-state index is 0.0996. The largest absolute Gasteiger partial charge is 0.392 e. The molecular weight excluding hydrogens is 222 g/mol. The van der Waals surface area contributed by atoms with Crippen LogP contribution < -0.4 is 0 Å². The summed E-state index contributed by atoms with van der Waals surface area (Å²) in [5.74, 6) is 0. The van der Waals surface area contributed by atoms with Crippen LogP contribution in [0.1, 0.15) is 18.1 Å². The van der Waals surface area contributed by atoms with E-state index in [1.165, 1.54) is 27.4 Å². The summed E-state index contributed by atoms with van der Waals surface area (Å²) in [4.78, 5) is 0. The van der Waals surface area contributed by atoms with Crippen LogP contribution in [0.3, 0.4) is 0 Å². The third-order valence-corrected chi connectivity index (χ3v) is 3.61. The van der Waals surface area contributed by atoms with Crippen molar-refractivity contribution in [2.24, 2.45) is 0 Å². The number of nitrogens with zero attached hydrogens (tertiary/aromatic N) is 1. The molecule has 0 unspecified atom stereocenters. The van der Waals surface area contributed by atoms with Gasteiger partial charge in [0.2, 0.25) is 0 Å². The molecule has 0 bridgehead atoms. The number of para-hydroxylation sites is 1. The number of aromatic nitrogens is 1. The van der Waals surface area contributed by atoms with Crippen molar-refractivity contribution < 1.29 is 5.11 Å². The highest BCUT2D eigenvalue weighted by atomic mass is 16.3. The first-order valence-corrected chi connectivity index (χ1v) is 6.37. The van der Waals surface area contributed by atoms with Gasteiger partial charge in [0.1, 0.15) is 0 Å². The van der Waals surface area contributed by atoms with Crippen LogP contribution in [0.25, 0.3) is 21.8 Å². The van der Waals surface area contributed by atoms with E-state index in [1.54, 1.807) is 0 Å². The van der Waals surface area contributed by atoms with Gasteiger partial charge in [-0.25, -0.2) is 0 Å². The third kappa shape index (κ3) is 1.46. The molecule has 0 aliphatic heterocycles. The van der Waals surface area contributed by atoms with Crippen molar-refractivity contribution in [3.63, 3.8) is 0 Å². The fourth-order valence-corrected chi connectivity index (χ4v) is 2.89. The van der Waals surface area contributed by atoms with Crippen LogP contribution in [0.2, 0.25) is 0 Å². The Morgan fingerprint density at radius 2 is 1.89 bits per heavy atom. The molecule has 2 nitrogen and oxygen atoms in total. The van der Waals surface area contributed by atoms with E-state index < -0.39 is 0 Å². The summed E-state index contributed by atoms with van der Waals surface area (Å²) in [5.41, 5.74) is 4.78. The Hall–Kier alpha value is -1.80. The average Bonchev–Trinajstić information content (AvgIpc) is 2.73. The highest BCUT2D eigenvalue weighted by Gasteiger charge is 2.11. The Morgan fingerprint density at radius 1 is 1.11 bits per heavy atom. The molecular formula is C16H17NO. The first-order chi connectivity index (χ1) is 8.76. The van der Waals surface area contributed by atoms with Crippen LogP contribution in [0, 0.1) is 6.92 Å². The maximum absolute atomic E-state index is 9.35. The van der Waals surface area contributed by atoms with E-state index in [2.05, 4.69) is 54.8 Å². The SMILES string of the molecule is CCn1c2ccccc2c2cc(CO)cc(C)c21. The molecule has 1 heterocycles. The lowest BCUT2D eigenvalue weighted by atomic mass is 10.1. The van der Waals surface area contributed by atoms with Gasteiger partial charge in [0.05, 0.1) is 12.1 Å². The number of rotatable bonds is 2. The summed E-state index contributed by atoms with van der Waals surface area (Å²) in [6.45, 7) is 5.35. The van der Waals surface area contributed by atoms with Gasteiger partial charge in [-0.1, -0.05) is 24.3 Å². The van der Waals surface area contributed by atoms with Crippen LogP contribution in [0.4, 0.5) is 0 Å². The van der Waals surface area contributed by atoms with Gasteiger partial charge in [-0.3, -0.25) is 0 Å². The van der Waals surface area contributed by atoms with Crippen LogP contribution in [0.5, 0.6) is 0 Å². The van der Waals surface area contributed by atoms with Gasteiger partial charge in [-0.05, 0) is 37.1 Å². The van der Waals surface area contributed by atoms with Crippen molar-refractivity contribution in [3.05, 3.63) is 47.5 Å². The van der Waals surface area contributed by atoms with Crippen molar-refractivity contribution in [1.29, 1.82) is 0 Å². The topological polar surface area (TPSA) is 25.2 Å². The monoisotopic (exact) mass is 239 g/mol. The summed E-state index contributed by atoms with van der Waals surface area (Å²) in [5, 5.41) is 11.9. The van der Waals surface area contributed by atoms with Gasteiger partial charge in [-0.2, -0.15) is 0 Å². The van der Waals surface area contributed by atoms with E-state index in [9.17, 15) is 5.11 Å². The predicted molar refractivity (Wildman–Crippen MR) is 75.8 cm³/mol. The number of aliphatic hydroxyl groups excluding tert-OH is 1. The van der Waals surface area contributed by atoms with Gasteiger partial charge >= 0.3 is 0 Å².